The maximum Gasteiger partial charge on any atom is 0.249 e. The van der Waals surface area contributed by atoms with E-state index in [1.165, 1.54) is 212 Å². The Balaban J connectivity index is 2.26. The molecule has 1 fully saturated rings. The van der Waals surface area contributed by atoms with Gasteiger partial charge in [0.25, 0.3) is 0 Å². The Hall–Kier alpha value is -1.67. The lowest BCUT2D eigenvalue weighted by atomic mass is 9.98. The zero-order valence-corrected chi connectivity index (χ0v) is 50.7. The first-order valence-corrected chi connectivity index (χ1v) is 33.4. The van der Waals surface area contributed by atoms with Gasteiger partial charge in [-0.25, -0.2) is 0 Å². The highest BCUT2D eigenvalue weighted by Crippen LogP contribution is 2.24. The van der Waals surface area contributed by atoms with Gasteiger partial charge in [0, 0.05) is 0 Å². The SMILES string of the molecule is CCCCCCCCCCCCC/C=C\CCCCCCCCC(O)C(=O)NC(COC1OC(CO)C(O)C(O)C1O)C(O)C(O)CCC/C=C/CC/C=C/CCCCCCCCCCCCCCCCCCCCCCC. The van der Waals surface area contributed by atoms with E-state index in [9.17, 15) is 40.5 Å². The van der Waals surface area contributed by atoms with E-state index < -0.39 is 74.2 Å². The van der Waals surface area contributed by atoms with Gasteiger partial charge in [-0.05, 0) is 77.0 Å². The molecular weight excluding hydrogens is 979 g/mol. The molecule has 1 aliphatic rings. The summed E-state index contributed by atoms with van der Waals surface area (Å²) < 4.78 is 11.2. The maximum atomic E-state index is 13.2. The van der Waals surface area contributed by atoms with Crippen molar-refractivity contribution < 1.29 is 50.0 Å². The number of carbonyl (C=O) groups is 1. The first kappa shape index (κ1) is 74.3. The van der Waals surface area contributed by atoms with E-state index in [0.717, 1.165) is 57.8 Å². The van der Waals surface area contributed by atoms with Crippen LogP contribution < -0.4 is 5.32 Å². The van der Waals surface area contributed by atoms with Gasteiger partial charge >= 0.3 is 0 Å². The topological polar surface area (TPSA) is 189 Å². The maximum absolute atomic E-state index is 13.2. The number of carbonyl (C=O) groups excluding carboxylic acids is 1. The van der Waals surface area contributed by atoms with Crippen LogP contribution >= 0.6 is 0 Å². The number of nitrogens with one attached hydrogen (secondary N) is 1. The summed E-state index contributed by atoms with van der Waals surface area (Å²) in [7, 11) is 0. The molecule has 0 aromatic rings. The smallest absolute Gasteiger partial charge is 0.249 e. The summed E-state index contributed by atoms with van der Waals surface area (Å²) in [6.45, 7) is 3.48. The number of hydrogen-bond acceptors (Lipinski definition) is 10. The van der Waals surface area contributed by atoms with E-state index in [2.05, 4.69) is 55.6 Å². The standard InChI is InChI=1S/C67H127NO10/c1-3-5-7-9-11-13-15-17-19-21-23-25-26-27-28-29-30-31-32-33-35-36-38-40-42-44-46-48-50-52-54-59(70)62(72)58(57-77-67-65(75)64(74)63(73)61(56-69)78-67)68-66(76)60(71)55-53-51-49-47-45-43-41-39-37-34-24-22-20-18-16-14-12-10-8-6-4-2/h37-40,46,48,58-65,67,69-75H,3-36,41-45,47,49-57H2,1-2H3,(H,68,76)/b39-37-,40-38+,48-46+. The summed E-state index contributed by atoms with van der Waals surface area (Å²) in [6.07, 6.45) is 59.4. The van der Waals surface area contributed by atoms with Crippen molar-refractivity contribution in [2.45, 2.75) is 371 Å². The van der Waals surface area contributed by atoms with Crippen molar-refractivity contribution in [3.63, 3.8) is 0 Å². The molecule has 8 N–H and O–H groups in total. The van der Waals surface area contributed by atoms with Crippen molar-refractivity contribution in [1.82, 2.24) is 5.32 Å². The number of hydrogen-bond donors (Lipinski definition) is 8. The largest absolute Gasteiger partial charge is 0.394 e. The van der Waals surface area contributed by atoms with Crippen LogP contribution in [0.15, 0.2) is 36.5 Å². The first-order valence-electron chi connectivity index (χ1n) is 33.4. The second-order valence-electron chi connectivity index (χ2n) is 23.5. The van der Waals surface area contributed by atoms with Crippen molar-refractivity contribution >= 4 is 5.91 Å². The number of allylic oxidation sites excluding steroid dienone is 6. The van der Waals surface area contributed by atoms with Gasteiger partial charge in [-0.15, -0.1) is 0 Å². The zero-order chi connectivity index (χ0) is 56.8. The van der Waals surface area contributed by atoms with Crippen LogP contribution in [0.1, 0.15) is 316 Å². The third-order valence-electron chi connectivity index (χ3n) is 16.1. The van der Waals surface area contributed by atoms with Crippen LogP contribution in [0.4, 0.5) is 0 Å². The van der Waals surface area contributed by atoms with E-state index in [-0.39, 0.29) is 12.8 Å². The average Bonchev–Trinajstić information content (AvgIpc) is 3.46. The van der Waals surface area contributed by atoms with Gasteiger partial charge in [-0.3, -0.25) is 4.79 Å². The lowest BCUT2D eigenvalue weighted by Crippen LogP contribution is -2.60. The summed E-state index contributed by atoms with van der Waals surface area (Å²) in [4.78, 5) is 13.2. The number of aliphatic hydroxyl groups excluding tert-OH is 7. The summed E-state index contributed by atoms with van der Waals surface area (Å²) in [5, 5.41) is 76.3. The van der Waals surface area contributed by atoms with Crippen LogP contribution in [0.3, 0.4) is 0 Å². The van der Waals surface area contributed by atoms with Gasteiger partial charge in [0.05, 0.1) is 25.4 Å². The van der Waals surface area contributed by atoms with Gasteiger partial charge in [0.1, 0.15) is 36.6 Å². The Bertz CT molecular complexity index is 1360. The minimum atomic E-state index is -1.67. The highest BCUT2D eigenvalue weighted by Gasteiger charge is 2.44. The molecule has 460 valence electrons. The van der Waals surface area contributed by atoms with Gasteiger partial charge in [-0.2, -0.15) is 0 Å². The van der Waals surface area contributed by atoms with Crippen molar-refractivity contribution in [3.05, 3.63) is 36.5 Å². The summed E-state index contributed by atoms with van der Waals surface area (Å²) in [6, 6.07) is -1.20. The van der Waals surface area contributed by atoms with Crippen LogP contribution in [-0.4, -0.2) is 110 Å². The summed E-state index contributed by atoms with van der Waals surface area (Å²) in [5.41, 5.74) is 0. The predicted molar refractivity (Wildman–Crippen MR) is 325 cm³/mol. The quantitative estimate of drug-likeness (QED) is 0.0215. The third-order valence-corrected chi connectivity index (χ3v) is 16.1. The number of ether oxygens (including phenoxy) is 2. The second kappa shape index (κ2) is 55.8. The molecule has 0 radical (unpaired) electrons. The molecule has 78 heavy (non-hydrogen) atoms. The van der Waals surface area contributed by atoms with Crippen molar-refractivity contribution in [3.8, 4) is 0 Å². The van der Waals surface area contributed by atoms with E-state index in [4.69, 9.17) is 9.47 Å². The normalized spacial score (nSPS) is 19.6. The number of aliphatic hydroxyl groups is 7. The number of rotatable bonds is 58. The minimum Gasteiger partial charge on any atom is -0.394 e. The van der Waals surface area contributed by atoms with Crippen LogP contribution in [0, 0.1) is 0 Å². The fourth-order valence-corrected chi connectivity index (χ4v) is 10.8. The molecule has 0 spiro atoms. The molecule has 0 aromatic carbocycles. The Morgan fingerprint density at radius 2 is 0.769 bits per heavy atom. The lowest BCUT2D eigenvalue weighted by Gasteiger charge is -2.40. The van der Waals surface area contributed by atoms with Crippen LogP contribution in [0.25, 0.3) is 0 Å². The van der Waals surface area contributed by atoms with Gasteiger partial charge in [0.2, 0.25) is 5.91 Å². The molecular formula is C67H127NO10. The fraction of sp³-hybridized carbons (Fsp3) is 0.896. The van der Waals surface area contributed by atoms with Crippen LogP contribution in [-0.2, 0) is 14.3 Å². The van der Waals surface area contributed by atoms with E-state index in [1.54, 1.807) is 0 Å². The van der Waals surface area contributed by atoms with Crippen LogP contribution in [0.5, 0.6) is 0 Å². The van der Waals surface area contributed by atoms with E-state index in [0.29, 0.717) is 19.3 Å². The van der Waals surface area contributed by atoms with Gasteiger partial charge in [-0.1, -0.05) is 275 Å². The Labute approximate surface area is 479 Å². The molecule has 0 saturated carbocycles. The Kier molecular flexibility index (Phi) is 53.2. The molecule has 0 aliphatic carbocycles. The molecule has 1 rings (SSSR count). The molecule has 0 aromatic heterocycles. The van der Waals surface area contributed by atoms with Crippen molar-refractivity contribution in [2.75, 3.05) is 13.2 Å². The fourth-order valence-electron chi connectivity index (χ4n) is 10.8. The molecule has 1 heterocycles. The zero-order valence-electron chi connectivity index (χ0n) is 50.7. The molecule has 9 unspecified atom stereocenters. The predicted octanol–water partition coefficient (Wildman–Crippen LogP) is 15.4. The molecule has 1 saturated heterocycles. The van der Waals surface area contributed by atoms with E-state index in [1.807, 2.05) is 0 Å². The van der Waals surface area contributed by atoms with Crippen LogP contribution in [0.2, 0.25) is 0 Å². The van der Waals surface area contributed by atoms with Gasteiger partial charge in [0.15, 0.2) is 6.29 Å². The molecule has 11 nitrogen and oxygen atoms in total. The molecule has 9 atom stereocenters. The highest BCUT2D eigenvalue weighted by atomic mass is 16.7. The molecule has 1 aliphatic heterocycles. The molecule has 1 amide bonds. The number of amides is 1. The van der Waals surface area contributed by atoms with Crippen molar-refractivity contribution in [1.29, 1.82) is 0 Å². The monoisotopic (exact) mass is 1110 g/mol. The average molecular weight is 1110 g/mol. The second-order valence-corrected chi connectivity index (χ2v) is 23.5. The first-order chi connectivity index (χ1) is 38.2. The highest BCUT2D eigenvalue weighted by molar-refractivity contribution is 5.80. The Morgan fingerprint density at radius 1 is 0.436 bits per heavy atom. The third kappa shape index (κ3) is 43.1. The lowest BCUT2D eigenvalue weighted by molar-refractivity contribution is -0.303. The summed E-state index contributed by atoms with van der Waals surface area (Å²) in [5.74, 6) is -0.712. The van der Waals surface area contributed by atoms with Crippen molar-refractivity contribution in [2.24, 2.45) is 0 Å². The molecule has 11 heteroatoms. The molecule has 0 bridgehead atoms. The number of unbranched alkanes of at least 4 members (excludes halogenated alkanes) is 40. The minimum absolute atomic E-state index is 0.244. The van der Waals surface area contributed by atoms with E-state index >= 15 is 0 Å². The summed E-state index contributed by atoms with van der Waals surface area (Å²) >= 11 is 0. The van der Waals surface area contributed by atoms with Gasteiger partial charge < -0.3 is 50.5 Å². The Morgan fingerprint density at radius 3 is 1.14 bits per heavy atom.